The second-order valence-electron chi connectivity index (χ2n) is 12.5. The number of ether oxygens (including phenoxy) is 2. The first-order chi connectivity index (χ1) is 25.1. The molecule has 1 saturated carbocycles. The highest BCUT2D eigenvalue weighted by atomic mass is 19.4. The number of carbonyl (C=O) groups excluding carboxylic acids is 3. The van der Waals surface area contributed by atoms with Crippen molar-refractivity contribution in [3.63, 3.8) is 0 Å². The zero-order valence-electron chi connectivity index (χ0n) is 28.9. The lowest BCUT2D eigenvalue weighted by Gasteiger charge is -2.26. The number of carbonyl (C=O) groups is 3. The summed E-state index contributed by atoms with van der Waals surface area (Å²) < 4.78 is 48.1. The second kappa shape index (κ2) is 18.3. The fraction of sp³-hybridized carbons (Fsp3) is 0.333. The molecule has 3 N–H and O–H groups in total. The molecule has 1 aliphatic heterocycles. The molecule has 0 unspecified atom stereocenters. The van der Waals surface area contributed by atoms with Crippen molar-refractivity contribution in [2.75, 3.05) is 44.7 Å². The predicted octanol–water partition coefficient (Wildman–Crippen LogP) is 6.25. The Morgan fingerprint density at radius 2 is 1.71 bits per heavy atom. The summed E-state index contributed by atoms with van der Waals surface area (Å²) in [7, 11) is 0. The standard InChI is InChI=1S/C30H34N4O4.C9H8F3NO/c1-21-10-11-31-28(18-21)26-20-25(38-24-6-3-7-24)8-9-27(26)33-30(36)23-5-2-4-22(19-23)29(35)32-12-13-34-14-16-37-17-15-34;10-9(11,12)8-3-1-2-7(4-8)5-13-6-14/h2,4-5,8-11,18-20,24H,3,6-7,12-17H2,1H3,(H,32,35)(H,33,36);1-4,6H,5H2,(H,13,14). The quantitative estimate of drug-likeness (QED) is 0.148. The maximum absolute atomic E-state index is 13.3. The van der Waals surface area contributed by atoms with E-state index in [1.807, 2.05) is 37.3 Å². The maximum atomic E-state index is 13.3. The minimum Gasteiger partial charge on any atom is -0.490 e. The number of nitrogens with one attached hydrogen (secondary N) is 3. The van der Waals surface area contributed by atoms with E-state index in [2.05, 4.69) is 25.8 Å². The molecule has 4 aromatic rings. The van der Waals surface area contributed by atoms with Gasteiger partial charge < -0.3 is 25.4 Å². The summed E-state index contributed by atoms with van der Waals surface area (Å²) in [6, 6.07) is 21.2. The van der Waals surface area contributed by atoms with E-state index in [0.29, 0.717) is 35.3 Å². The summed E-state index contributed by atoms with van der Waals surface area (Å²) in [5.74, 6) is 0.270. The highest BCUT2D eigenvalue weighted by molar-refractivity contribution is 6.07. The van der Waals surface area contributed by atoms with Crippen molar-refractivity contribution in [2.45, 2.75) is 45.0 Å². The molecular weight excluding hydrogens is 675 g/mol. The first kappa shape index (κ1) is 38.0. The molecule has 2 heterocycles. The van der Waals surface area contributed by atoms with Gasteiger partial charge in [0.25, 0.3) is 11.8 Å². The number of morpholine rings is 1. The number of hydrogen-bond acceptors (Lipinski definition) is 7. The zero-order valence-corrected chi connectivity index (χ0v) is 28.9. The molecular formula is C39H42F3N5O5. The van der Waals surface area contributed by atoms with Crippen LogP contribution < -0.4 is 20.7 Å². The lowest BCUT2D eigenvalue weighted by molar-refractivity contribution is -0.137. The van der Waals surface area contributed by atoms with Crippen LogP contribution in [-0.4, -0.2) is 73.6 Å². The molecule has 13 heteroatoms. The lowest BCUT2D eigenvalue weighted by atomic mass is 9.96. The summed E-state index contributed by atoms with van der Waals surface area (Å²) in [5.41, 5.74) is 3.82. The average Bonchev–Trinajstić information content (AvgIpc) is 3.13. The normalized spacial score (nSPS) is 14.6. The van der Waals surface area contributed by atoms with E-state index < -0.39 is 11.7 Å². The molecule has 2 aliphatic rings. The van der Waals surface area contributed by atoms with E-state index in [1.165, 1.54) is 18.6 Å². The first-order valence-electron chi connectivity index (χ1n) is 17.2. The molecule has 274 valence electrons. The number of hydrogen-bond donors (Lipinski definition) is 3. The van der Waals surface area contributed by atoms with E-state index in [1.54, 1.807) is 30.5 Å². The molecule has 0 radical (unpaired) electrons. The summed E-state index contributed by atoms with van der Waals surface area (Å²) >= 11 is 0. The number of pyridine rings is 1. The maximum Gasteiger partial charge on any atom is 0.416 e. The van der Waals surface area contributed by atoms with Crippen molar-refractivity contribution >= 4 is 23.9 Å². The molecule has 6 rings (SSSR count). The van der Waals surface area contributed by atoms with Crippen molar-refractivity contribution in [3.05, 3.63) is 113 Å². The smallest absolute Gasteiger partial charge is 0.416 e. The van der Waals surface area contributed by atoms with Gasteiger partial charge in [0.15, 0.2) is 0 Å². The van der Waals surface area contributed by atoms with Crippen LogP contribution in [0, 0.1) is 6.92 Å². The summed E-state index contributed by atoms with van der Waals surface area (Å²) in [6.07, 6.45) is 1.43. The molecule has 3 amide bonds. The van der Waals surface area contributed by atoms with E-state index in [-0.39, 0.29) is 24.5 Å². The van der Waals surface area contributed by atoms with E-state index in [9.17, 15) is 27.6 Å². The van der Waals surface area contributed by atoms with Gasteiger partial charge in [-0.3, -0.25) is 24.3 Å². The molecule has 1 aromatic heterocycles. The SMILES string of the molecule is Cc1ccnc(-c2cc(OC3CCC3)ccc2NC(=O)c2cccc(C(=O)NCCN3CCOCC3)c2)c1.O=CNCc1cccc(C(F)(F)F)c1. The molecule has 1 saturated heterocycles. The van der Waals surface area contributed by atoms with Gasteiger partial charge in [0, 0.05) is 55.6 Å². The van der Waals surface area contributed by atoms with Crippen molar-refractivity contribution in [1.82, 2.24) is 20.5 Å². The molecule has 52 heavy (non-hydrogen) atoms. The van der Waals surface area contributed by atoms with Crippen LogP contribution in [0.3, 0.4) is 0 Å². The van der Waals surface area contributed by atoms with Crippen LogP contribution in [-0.2, 0) is 22.3 Å². The van der Waals surface area contributed by atoms with Gasteiger partial charge in [0.1, 0.15) is 5.75 Å². The number of benzene rings is 3. The van der Waals surface area contributed by atoms with Crippen LogP contribution in [0.4, 0.5) is 18.9 Å². The van der Waals surface area contributed by atoms with Gasteiger partial charge in [-0.1, -0.05) is 18.2 Å². The lowest BCUT2D eigenvalue weighted by Crippen LogP contribution is -2.41. The van der Waals surface area contributed by atoms with Gasteiger partial charge in [0.05, 0.1) is 36.3 Å². The monoisotopic (exact) mass is 717 g/mol. The summed E-state index contributed by atoms with van der Waals surface area (Å²) in [5, 5.41) is 8.27. The van der Waals surface area contributed by atoms with Crippen molar-refractivity contribution in [3.8, 4) is 17.0 Å². The molecule has 0 bridgehead atoms. The Labute approximate surface area is 300 Å². The van der Waals surface area contributed by atoms with E-state index in [4.69, 9.17) is 9.47 Å². The third-order valence-corrected chi connectivity index (χ3v) is 8.63. The number of halogens is 3. The van der Waals surface area contributed by atoms with Crippen molar-refractivity contribution in [2.24, 2.45) is 0 Å². The Morgan fingerprint density at radius 1 is 0.962 bits per heavy atom. The van der Waals surface area contributed by atoms with Gasteiger partial charge in [0.2, 0.25) is 6.41 Å². The number of alkyl halides is 3. The minimum absolute atomic E-state index is 0.105. The molecule has 2 fully saturated rings. The number of nitrogens with zero attached hydrogens (tertiary/aromatic N) is 2. The second-order valence-corrected chi connectivity index (χ2v) is 12.5. The molecule has 10 nitrogen and oxygen atoms in total. The third kappa shape index (κ3) is 11.1. The fourth-order valence-electron chi connectivity index (χ4n) is 5.55. The number of anilines is 1. The number of aryl methyl sites for hydroxylation is 1. The van der Waals surface area contributed by atoms with Crippen LogP contribution in [0.15, 0.2) is 85.1 Å². The third-order valence-electron chi connectivity index (χ3n) is 8.63. The average molecular weight is 718 g/mol. The van der Waals surface area contributed by atoms with Gasteiger partial charge in [-0.2, -0.15) is 13.2 Å². The Morgan fingerprint density at radius 3 is 2.40 bits per heavy atom. The Bertz CT molecular complexity index is 1830. The largest absolute Gasteiger partial charge is 0.490 e. The van der Waals surface area contributed by atoms with Gasteiger partial charge in [-0.25, -0.2) is 0 Å². The van der Waals surface area contributed by atoms with Gasteiger partial charge >= 0.3 is 6.18 Å². The van der Waals surface area contributed by atoms with Crippen LogP contribution in [0.5, 0.6) is 5.75 Å². The fourth-order valence-corrected chi connectivity index (χ4v) is 5.55. The van der Waals surface area contributed by atoms with Crippen LogP contribution in [0.1, 0.15) is 56.7 Å². The van der Waals surface area contributed by atoms with Crippen LogP contribution >= 0.6 is 0 Å². The zero-order chi connectivity index (χ0) is 36.9. The highest BCUT2D eigenvalue weighted by Crippen LogP contribution is 2.34. The Hall–Kier alpha value is -5.27. The van der Waals surface area contributed by atoms with Crippen LogP contribution in [0.25, 0.3) is 11.3 Å². The predicted molar refractivity (Wildman–Crippen MR) is 191 cm³/mol. The highest BCUT2D eigenvalue weighted by Gasteiger charge is 2.30. The van der Waals surface area contributed by atoms with E-state index >= 15 is 0 Å². The van der Waals surface area contributed by atoms with Crippen LogP contribution in [0.2, 0.25) is 0 Å². The van der Waals surface area contributed by atoms with Crippen molar-refractivity contribution < 1.29 is 37.0 Å². The Balaban J connectivity index is 0.000000314. The molecule has 0 spiro atoms. The minimum atomic E-state index is -4.34. The number of amides is 3. The van der Waals surface area contributed by atoms with Gasteiger partial charge in [-0.05, 0) is 98.0 Å². The summed E-state index contributed by atoms with van der Waals surface area (Å²) in [6.45, 7) is 6.62. The Kier molecular flexibility index (Phi) is 13.4. The molecule has 3 aromatic carbocycles. The topological polar surface area (TPSA) is 122 Å². The summed E-state index contributed by atoms with van der Waals surface area (Å²) in [4.78, 5) is 42.7. The first-order valence-corrected chi connectivity index (χ1v) is 17.2. The molecule has 1 aliphatic carbocycles. The van der Waals surface area contributed by atoms with Gasteiger partial charge in [-0.15, -0.1) is 0 Å². The van der Waals surface area contributed by atoms with E-state index in [0.717, 1.165) is 80.4 Å². The number of rotatable bonds is 12. The van der Waals surface area contributed by atoms with Crippen molar-refractivity contribution in [1.29, 1.82) is 0 Å². The number of aromatic nitrogens is 1. The molecule has 0 atom stereocenters.